The Labute approximate surface area is 105 Å². The zero-order valence-corrected chi connectivity index (χ0v) is 10.2. The van der Waals surface area contributed by atoms with Gasteiger partial charge in [-0.05, 0) is 24.3 Å². The van der Waals surface area contributed by atoms with E-state index in [2.05, 4.69) is 0 Å². The maximum absolute atomic E-state index is 12.3. The van der Waals surface area contributed by atoms with Gasteiger partial charge in [0.2, 0.25) is 9.84 Å². The third-order valence-corrected chi connectivity index (χ3v) is 4.40. The molecule has 0 aliphatic rings. The number of sulfone groups is 1. The van der Waals surface area contributed by atoms with Crippen molar-refractivity contribution in [1.82, 2.24) is 0 Å². The quantitative estimate of drug-likeness (QED) is 0.676. The standard InChI is InChI=1S/C13H11NO3S/c14-13-10(9-15)5-4-8-12(13)18(16,17)11-6-2-1-3-7-11/h1-9H,14H2. The predicted molar refractivity (Wildman–Crippen MR) is 68.1 cm³/mol. The van der Waals surface area contributed by atoms with Crippen LogP contribution in [0, 0.1) is 0 Å². The van der Waals surface area contributed by atoms with Gasteiger partial charge >= 0.3 is 0 Å². The Bertz CT molecular complexity index is 679. The highest BCUT2D eigenvalue weighted by atomic mass is 32.2. The van der Waals surface area contributed by atoms with Gasteiger partial charge in [0.05, 0.1) is 15.5 Å². The predicted octanol–water partition coefficient (Wildman–Crippen LogP) is 1.91. The minimum Gasteiger partial charge on any atom is -0.397 e. The molecule has 0 saturated heterocycles. The van der Waals surface area contributed by atoms with Gasteiger partial charge in [0.1, 0.15) is 0 Å². The number of aldehydes is 1. The molecule has 0 aliphatic carbocycles. The van der Waals surface area contributed by atoms with Crippen molar-refractivity contribution in [3.05, 3.63) is 54.1 Å². The minimum atomic E-state index is -3.69. The summed E-state index contributed by atoms with van der Waals surface area (Å²) in [5.41, 5.74) is 5.86. The molecule has 0 unspecified atom stereocenters. The maximum atomic E-state index is 12.3. The Hall–Kier alpha value is -2.14. The summed E-state index contributed by atoms with van der Waals surface area (Å²) in [4.78, 5) is 10.9. The highest BCUT2D eigenvalue weighted by Gasteiger charge is 2.21. The molecule has 5 heteroatoms. The Morgan fingerprint density at radius 2 is 1.61 bits per heavy atom. The Balaban J connectivity index is 2.66. The van der Waals surface area contributed by atoms with E-state index in [0.717, 1.165) is 0 Å². The monoisotopic (exact) mass is 261 g/mol. The number of benzene rings is 2. The molecule has 2 aromatic rings. The molecular weight excluding hydrogens is 250 g/mol. The molecule has 2 rings (SSSR count). The summed E-state index contributed by atoms with van der Waals surface area (Å²) < 4.78 is 24.7. The zero-order chi connectivity index (χ0) is 13.2. The molecule has 0 amide bonds. The Kier molecular flexibility index (Phi) is 3.16. The van der Waals surface area contributed by atoms with Crippen LogP contribution in [0.15, 0.2) is 58.3 Å². The van der Waals surface area contributed by atoms with Crippen LogP contribution in [0.4, 0.5) is 5.69 Å². The van der Waals surface area contributed by atoms with Gasteiger partial charge in [0, 0.05) is 5.56 Å². The van der Waals surface area contributed by atoms with Crippen LogP contribution in [0.1, 0.15) is 10.4 Å². The van der Waals surface area contributed by atoms with Gasteiger partial charge in [-0.3, -0.25) is 4.79 Å². The third kappa shape index (κ3) is 2.00. The largest absolute Gasteiger partial charge is 0.397 e. The van der Waals surface area contributed by atoms with Crippen molar-refractivity contribution in [3.8, 4) is 0 Å². The van der Waals surface area contributed by atoms with E-state index in [9.17, 15) is 13.2 Å². The van der Waals surface area contributed by atoms with Crippen LogP contribution in [0.5, 0.6) is 0 Å². The number of hydrogen-bond acceptors (Lipinski definition) is 4. The lowest BCUT2D eigenvalue weighted by Gasteiger charge is -2.08. The number of carbonyl (C=O) groups excluding carboxylic acids is 1. The first kappa shape index (κ1) is 12.3. The minimum absolute atomic E-state index is 0.0173. The Morgan fingerprint density at radius 1 is 0.944 bits per heavy atom. The summed E-state index contributed by atoms with van der Waals surface area (Å²) in [6.45, 7) is 0. The van der Waals surface area contributed by atoms with Crippen molar-refractivity contribution in [2.45, 2.75) is 9.79 Å². The van der Waals surface area contributed by atoms with Gasteiger partial charge in [0.15, 0.2) is 6.29 Å². The van der Waals surface area contributed by atoms with Crippen LogP contribution < -0.4 is 5.73 Å². The van der Waals surface area contributed by atoms with Crippen molar-refractivity contribution >= 4 is 21.8 Å². The molecular formula is C13H11NO3S. The lowest BCUT2D eigenvalue weighted by atomic mass is 10.2. The van der Waals surface area contributed by atoms with Gasteiger partial charge in [-0.1, -0.05) is 24.3 Å². The van der Waals surface area contributed by atoms with Crippen molar-refractivity contribution in [2.75, 3.05) is 5.73 Å². The Morgan fingerprint density at radius 3 is 2.22 bits per heavy atom. The fourth-order valence-corrected chi connectivity index (χ4v) is 3.06. The first-order valence-electron chi connectivity index (χ1n) is 5.21. The second kappa shape index (κ2) is 4.62. The smallest absolute Gasteiger partial charge is 0.208 e. The van der Waals surface area contributed by atoms with E-state index in [1.54, 1.807) is 18.2 Å². The van der Waals surface area contributed by atoms with Crippen molar-refractivity contribution < 1.29 is 13.2 Å². The van der Waals surface area contributed by atoms with Gasteiger partial charge in [-0.25, -0.2) is 8.42 Å². The number of anilines is 1. The summed E-state index contributed by atoms with van der Waals surface area (Å²) in [7, 11) is -3.69. The molecule has 2 N–H and O–H groups in total. The first-order chi connectivity index (χ1) is 8.57. The van der Waals surface area contributed by atoms with E-state index in [4.69, 9.17) is 5.73 Å². The highest BCUT2D eigenvalue weighted by Crippen LogP contribution is 2.27. The van der Waals surface area contributed by atoms with E-state index in [1.165, 1.54) is 30.3 Å². The number of nitrogens with two attached hydrogens (primary N) is 1. The number of hydrogen-bond donors (Lipinski definition) is 1. The SMILES string of the molecule is Nc1c(C=O)cccc1S(=O)(=O)c1ccccc1. The first-order valence-corrected chi connectivity index (χ1v) is 6.69. The maximum Gasteiger partial charge on any atom is 0.208 e. The number of rotatable bonds is 3. The van der Waals surface area contributed by atoms with Crippen LogP contribution in [0.3, 0.4) is 0 Å². The molecule has 18 heavy (non-hydrogen) atoms. The van der Waals surface area contributed by atoms with Crippen LogP contribution in [0.2, 0.25) is 0 Å². The van der Waals surface area contributed by atoms with E-state index in [1.807, 2.05) is 0 Å². The summed E-state index contributed by atoms with van der Waals surface area (Å²) in [5.74, 6) is 0. The molecule has 92 valence electrons. The molecule has 0 aromatic heterocycles. The average molecular weight is 261 g/mol. The number of para-hydroxylation sites is 1. The second-order valence-corrected chi connectivity index (χ2v) is 5.61. The molecule has 0 saturated carbocycles. The van der Waals surface area contributed by atoms with E-state index in [-0.39, 0.29) is 21.0 Å². The molecule has 4 nitrogen and oxygen atoms in total. The van der Waals surface area contributed by atoms with Crippen LogP contribution in [0.25, 0.3) is 0 Å². The normalized spacial score (nSPS) is 11.1. The second-order valence-electron chi connectivity index (χ2n) is 3.69. The molecule has 0 fully saturated rings. The van der Waals surface area contributed by atoms with Gasteiger partial charge < -0.3 is 5.73 Å². The van der Waals surface area contributed by atoms with Crippen LogP contribution in [-0.4, -0.2) is 14.7 Å². The molecule has 2 aromatic carbocycles. The number of nitrogen functional groups attached to an aromatic ring is 1. The third-order valence-electron chi connectivity index (χ3n) is 2.57. The fraction of sp³-hybridized carbons (Fsp3) is 0. The van der Waals surface area contributed by atoms with Gasteiger partial charge in [-0.2, -0.15) is 0 Å². The average Bonchev–Trinajstić information content (AvgIpc) is 2.40. The summed E-state index contributed by atoms with van der Waals surface area (Å²) in [6.07, 6.45) is 0.541. The van der Waals surface area contributed by atoms with Crippen molar-refractivity contribution in [2.24, 2.45) is 0 Å². The number of carbonyl (C=O) groups is 1. The molecule has 0 spiro atoms. The summed E-state index contributed by atoms with van der Waals surface area (Å²) >= 11 is 0. The van der Waals surface area contributed by atoms with Gasteiger partial charge in [0.25, 0.3) is 0 Å². The fourth-order valence-electron chi connectivity index (χ4n) is 1.62. The lowest BCUT2D eigenvalue weighted by molar-refractivity contribution is 0.112. The van der Waals surface area contributed by atoms with E-state index < -0.39 is 9.84 Å². The van der Waals surface area contributed by atoms with Crippen LogP contribution in [-0.2, 0) is 9.84 Å². The summed E-state index contributed by atoms with van der Waals surface area (Å²) in [6, 6.07) is 12.3. The van der Waals surface area contributed by atoms with Crippen LogP contribution >= 0.6 is 0 Å². The van der Waals surface area contributed by atoms with Crippen molar-refractivity contribution in [3.63, 3.8) is 0 Å². The topological polar surface area (TPSA) is 77.2 Å². The summed E-state index contributed by atoms with van der Waals surface area (Å²) in [5, 5.41) is 0. The van der Waals surface area contributed by atoms with E-state index >= 15 is 0 Å². The molecule has 0 radical (unpaired) electrons. The van der Waals surface area contributed by atoms with Gasteiger partial charge in [-0.15, -0.1) is 0 Å². The highest BCUT2D eigenvalue weighted by molar-refractivity contribution is 7.91. The lowest BCUT2D eigenvalue weighted by Crippen LogP contribution is -2.07. The molecule has 0 atom stereocenters. The molecule has 0 bridgehead atoms. The molecule has 0 aliphatic heterocycles. The zero-order valence-electron chi connectivity index (χ0n) is 9.41. The molecule has 0 heterocycles. The van der Waals surface area contributed by atoms with E-state index in [0.29, 0.717) is 6.29 Å². The van der Waals surface area contributed by atoms with Crippen molar-refractivity contribution in [1.29, 1.82) is 0 Å².